The molecule has 0 fully saturated rings. The molecular weight excluding hydrogens is 434 g/mol. The molecule has 0 bridgehead atoms. The van der Waals surface area contributed by atoms with Gasteiger partial charge in [0.2, 0.25) is 5.91 Å². The van der Waals surface area contributed by atoms with Gasteiger partial charge in [-0.3, -0.25) is 9.59 Å². The maximum Gasteiger partial charge on any atom is 0.293 e. The van der Waals surface area contributed by atoms with Gasteiger partial charge in [0.1, 0.15) is 18.4 Å². The third kappa shape index (κ3) is 4.12. The number of aromatic nitrogens is 4. The average molecular weight is 452 g/mol. The maximum atomic E-state index is 12.8. The first-order chi connectivity index (χ1) is 14.0. The zero-order chi connectivity index (χ0) is 20.4. The van der Waals surface area contributed by atoms with Gasteiger partial charge in [0, 0.05) is 15.7 Å². The summed E-state index contributed by atoms with van der Waals surface area (Å²) < 4.78 is 3.53. The highest BCUT2D eigenvalue weighted by atomic mass is 79.9. The molecule has 29 heavy (non-hydrogen) atoms. The highest BCUT2D eigenvalue weighted by Crippen LogP contribution is 2.20. The van der Waals surface area contributed by atoms with E-state index >= 15 is 0 Å². The van der Waals surface area contributed by atoms with E-state index in [2.05, 4.69) is 38.4 Å². The number of aryl methyl sites for hydroxylation is 1. The smallest absolute Gasteiger partial charge is 0.293 e. The zero-order valence-electron chi connectivity index (χ0n) is 15.7. The van der Waals surface area contributed by atoms with Crippen molar-refractivity contribution in [1.29, 1.82) is 0 Å². The summed E-state index contributed by atoms with van der Waals surface area (Å²) in [6, 6.07) is 17.0. The number of anilines is 1. The van der Waals surface area contributed by atoms with E-state index < -0.39 is 0 Å². The second-order valence-corrected chi connectivity index (χ2v) is 7.47. The van der Waals surface area contributed by atoms with E-state index in [1.165, 1.54) is 16.4 Å². The Morgan fingerprint density at radius 3 is 2.52 bits per heavy atom. The summed E-state index contributed by atoms with van der Waals surface area (Å²) in [4.78, 5) is 25.1. The van der Waals surface area contributed by atoms with E-state index in [9.17, 15) is 9.59 Å². The van der Waals surface area contributed by atoms with Crippen molar-refractivity contribution in [3.63, 3.8) is 0 Å². The molecule has 146 valence electrons. The van der Waals surface area contributed by atoms with Crippen molar-refractivity contribution in [3.8, 4) is 11.3 Å². The molecule has 2 aromatic carbocycles. The minimum Gasteiger partial charge on any atom is -0.324 e. The van der Waals surface area contributed by atoms with Gasteiger partial charge in [-0.25, -0.2) is 9.20 Å². The molecule has 0 radical (unpaired) electrons. The van der Waals surface area contributed by atoms with Gasteiger partial charge in [-0.2, -0.15) is 10.2 Å². The van der Waals surface area contributed by atoms with Crippen LogP contribution in [0.15, 0.2) is 70.2 Å². The van der Waals surface area contributed by atoms with Crippen molar-refractivity contribution in [1.82, 2.24) is 19.4 Å². The van der Waals surface area contributed by atoms with Crippen LogP contribution in [0.2, 0.25) is 0 Å². The van der Waals surface area contributed by atoms with Crippen LogP contribution in [0.25, 0.3) is 16.8 Å². The molecule has 1 amide bonds. The molecule has 7 nitrogen and oxygen atoms in total. The first-order valence-corrected chi connectivity index (χ1v) is 9.93. The Balaban J connectivity index is 1.56. The number of nitrogens with one attached hydrogen (secondary N) is 1. The Kier molecular flexibility index (Phi) is 5.26. The fourth-order valence-electron chi connectivity index (χ4n) is 2.97. The predicted molar refractivity (Wildman–Crippen MR) is 115 cm³/mol. The van der Waals surface area contributed by atoms with Gasteiger partial charge in [0.25, 0.3) is 5.56 Å². The van der Waals surface area contributed by atoms with Crippen molar-refractivity contribution < 1.29 is 4.79 Å². The SMILES string of the molecule is CCc1ccc(NC(=O)Cn2ncn3nc(-c4ccc(Br)cc4)cc3c2=O)cc1. The number of fused-ring (bicyclic) bond motifs is 1. The van der Waals surface area contributed by atoms with Crippen LogP contribution in [-0.2, 0) is 17.8 Å². The van der Waals surface area contributed by atoms with E-state index in [0.29, 0.717) is 16.9 Å². The number of benzene rings is 2. The molecule has 4 aromatic rings. The average Bonchev–Trinajstić information content (AvgIpc) is 3.16. The summed E-state index contributed by atoms with van der Waals surface area (Å²) >= 11 is 3.40. The molecule has 0 saturated heterocycles. The van der Waals surface area contributed by atoms with Gasteiger partial charge in [0.15, 0.2) is 0 Å². The molecular formula is C21H18BrN5O2. The second kappa shape index (κ2) is 8.00. The molecule has 8 heteroatoms. The maximum absolute atomic E-state index is 12.8. The molecule has 0 saturated carbocycles. The van der Waals surface area contributed by atoms with Crippen LogP contribution in [0, 0.1) is 0 Å². The first kappa shape index (κ1) is 19.1. The zero-order valence-corrected chi connectivity index (χ0v) is 17.3. The molecule has 2 aromatic heterocycles. The van der Waals surface area contributed by atoms with Crippen LogP contribution in [0.1, 0.15) is 12.5 Å². The Hall–Kier alpha value is -3.26. The van der Waals surface area contributed by atoms with E-state index in [4.69, 9.17) is 0 Å². The molecule has 1 N–H and O–H groups in total. The van der Waals surface area contributed by atoms with Crippen LogP contribution in [0.5, 0.6) is 0 Å². The summed E-state index contributed by atoms with van der Waals surface area (Å²) in [7, 11) is 0. The quantitative estimate of drug-likeness (QED) is 0.503. The third-order valence-corrected chi connectivity index (χ3v) is 5.10. The predicted octanol–water partition coefficient (Wildman–Crippen LogP) is 3.52. The highest BCUT2D eigenvalue weighted by molar-refractivity contribution is 9.10. The fourth-order valence-corrected chi connectivity index (χ4v) is 3.24. The molecule has 0 aliphatic heterocycles. The minimum atomic E-state index is -0.375. The lowest BCUT2D eigenvalue weighted by Gasteiger charge is -2.07. The Labute approximate surface area is 175 Å². The van der Waals surface area contributed by atoms with Crippen molar-refractivity contribution in [2.45, 2.75) is 19.9 Å². The van der Waals surface area contributed by atoms with E-state index in [-0.39, 0.29) is 18.0 Å². The molecule has 0 aliphatic rings. The van der Waals surface area contributed by atoms with Crippen molar-refractivity contribution in [2.75, 3.05) is 5.32 Å². The number of rotatable bonds is 5. The number of amides is 1. The Bertz CT molecular complexity index is 1230. The van der Waals surface area contributed by atoms with Crippen LogP contribution in [-0.4, -0.2) is 25.3 Å². The van der Waals surface area contributed by atoms with Crippen molar-refractivity contribution >= 4 is 33.0 Å². The molecule has 2 heterocycles. The summed E-state index contributed by atoms with van der Waals surface area (Å²) in [5.41, 5.74) is 3.40. The topological polar surface area (TPSA) is 81.3 Å². The molecule has 0 unspecified atom stereocenters. The summed E-state index contributed by atoms with van der Waals surface area (Å²) in [6.07, 6.45) is 2.36. The van der Waals surface area contributed by atoms with Gasteiger partial charge in [-0.1, -0.05) is 47.1 Å². The normalized spacial score (nSPS) is 11.0. The van der Waals surface area contributed by atoms with Gasteiger partial charge >= 0.3 is 0 Å². The van der Waals surface area contributed by atoms with E-state index in [0.717, 1.165) is 21.1 Å². The number of carbonyl (C=O) groups excluding carboxylic acids is 1. The summed E-state index contributed by atoms with van der Waals surface area (Å²) in [5.74, 6) is -0.319. The Morgan fingerprint density at radius 1 is 1.10 bits per heavy atom. The van der Waals surface area contributed by atoms with Crippen LogP contribution < -0.4 is 10.9 Å². The van der Waals surface area contributed by atoms with Gasteiger partial charge in [-0.15, -0.1) is 0 Å². The third-order valence-electron chi connectivity index (χ3n) is 4.57. The molecule has 0 aliphatic carbocycles. The van der Waals surface area contributed by atoms with Crippen LogP contribution >= 0.6 is 15.9 Å². The summed E-state index contributed by atoms with van der Waals surface area (Å²) in [5, 5.41) is 11.3. The molecule has 0 spiro atoms. The number of hydrogen-bond donors (Lipinski definition) is 1. The monoisotopic (exact) mass is 451 g/mol. The van der Waals surface area contributed by atoms with Gasteiger partial charge in [0.05, 0.1) is 5.69 Å². The molecule has 0 atom stereocenters. The largest absolute Gasteiger partial charge is 0.324 e. The van der Waals surface area contributed by atoms with Crippen molar-refractivity contribution in [2.24, 2.45) is 0 Å². The van der Waals surface area contributed by atoms with Crippen LogP contribution in [0.4, 0.5) is 5.69 Å². The van der Waals surface area contributed by atoms with Gasteiger partial charge < -0.3 is 5.32 Å². The number of hydrogen-bond acceptors (Lipinski definition) is 4. The van der Waals surface area contributed by atoms with Crippen LogP contribution in [0.3, 0.4) is 0 Å². The van der Waals surface area contributed by atoms with Gasteiger partial charge in [-0.05, 0) is 42.3 Å². The molecule has 4 rings (SSSR count). The van der Waals surface area contributed by atoms with Crippen molar-refractivity contribution in [3.05, 3.63) is 81.3 Å². The van der Waals surface area contributed by atoms with E-state index in [1.54, 1.807) is 6.07 Å². The first-order valence-electron chi connectivity index (χ1n) is 9.13. The van der Waals surface area contributed by atoms with E-state index in [1.807, 2.05) is 48.5 Å². The fraction of sp³-hybridized carbons (Fsp3) is 0.143. The minimum absolute atomic E-state index is 0.177. The number of nitrogens with zero attached hydrogens (tertiary/aromatic N) is 4. The number of carbonyl (C=O) groups is 1. The Morgan fingerprint density at radius 2 is 1.83 bits per heavy atom. The highest BCUT2D eigenvalue weighted by Gasteiger charge is 2.12. The lowest BCUT2D eigenvalue weighted by Crippen LogP contribution is -2.30. The lowest BCUT2D eigenvalue weighted by molar-refractivity contribution is -0.117. The standard InChI is InChI=1S/C21H18BrN5O2/c1-2-14-3-9-17(10-4-14)24-20(28)12-26-21(29)19-11-18(25-27(19)13-23-26)15-5-7-16(22)8-6-15/h3-11,13H,2,12H2,1H3,(H,24,28). The number of halogens is 1. The summed E-state index contributed by atoms with van der Waals surface area (Å²) in [6.45, 7) is 1.89. The lowest BCUT2D eigenvalue weighted by atomic mass is 10.1. The second-order valence-electron chi connectivity index (χ2n) is 6.56.